The molecule has 2 aromatic rings. The highest BCUT2D eigenvalue weighted by Gasteiger charge is 2.01. The minimum absolute atomic E-state index is 0.828. The fourth-order valence-electron chi connectivity index (χ4n) is 1.73. The molecule has 0 N–H and O–H groups in total. The highest BCUT2D eigenvalue weighted by atomic mass is 32.1. The van der Waals surface area contributed by atoms with Crippen molar-refractivity contribution in [1.82, 2.24) is 0 Å². The minimum atomic E-state index is 0.828. The SMILES string of the molecule is COc1cc(C)ccc1N=CCc1sccc1C. The molecule has 3 heteroatoms. The molecule has 2 rings (SSSR count). The van der Waals surface area contributed by atoms with Gasteiger partial charge in [0.1, 0.15) is 11.4 Å². The van der Waals surface area contributed by atoms with Crippen molar-refractivity contribution >= 4 is 23.2 Å². The van der Waals surface area contributed by atoms with Gasteiger partial charge in [0.15, 0.2) is 0 Å². The first-order valence-corrected chi connectivity index (χ1v) is 6.79. The van der Waals surface area contributed by atoms with E-state index < -0.39 is 0 Å². The predicted octanol–water partition coefficient (Wildman–Crippen LogP) is 4.32. The van der Waals surface area contributed by atoms with Gasteiger partial charge in [0.2, 0.25) is 0 Å². The van der Waals surface area contributed by atoms with E-state index in [1.165, 1.54) is 16.0 Å². The zero-order valence-corrected chi connectivity index (χ0v) is 11.8. The van der Waals surface area contributed by atoms with Crippen LogP contribution in [0.2, 0.25) is 0 Å². The molecular weight excluding hydrogens is 242 g/mol. The average Bonchev–Trinajstić information content (AvgIpc) is 2.77. The van der Waals surface area contributed by atoms with Gasteiger partial charge in [0.05, 0.1) is 7.11 Å². The van der Waals surface area contributed by atoms with E-state index in [0.717, 1.165) is 17.9 Å². The summed E-state index contributed by atoms with van der Waals surface area (Å²) < 4.78 is 5.33. The number of nitrogens with zero attached hydrogens (tertiary/aromatic N) is 1. The first-order valence-electron chi connectivity index (χ1n) is 5.91. The zero-order chi connectivity index (χ0) is 13.0. The Bertz CT molecular complexity index is 557. The van der Waals surface area contributed by atoms with Gasteiger partial charge in [-0.15, -0.1) is 11.3 Å². The van der Waals surface area contributed by atoms with E-state index >= 15 is 0 Å². The number of aliphatic imine (C=N–C) groups is 1. The molecule has 0 radical (unpaired) electrons. The summed E-state index contributed by atoms with van der Waals surface area (Å²) in [5.41, 5.74) is 3.40. The van der Waals surface area contributed by atoms with Crippen LogP contribution in [0.15, 0.2) is 34.6 Å². The zero-order valence-electron chi connectivity index (χ0n) is 10.9. The first-order chi connectivity index (χ1) is 8.70. The number of rotatable bonds is 4. The van der Waals surface area contributed by atoms with Gasteiger partial charge < -0.3 is 4.74 Å². The molecule has 0 saturated heterocycles. The van der Waals surface area contributed by atoms with Gasteiger partial charge in [-0.3, -0.25) is 4.99 Å². The lowest BCUT2D eigenvalue weighted by molar-refractivity contribution is 0.416. The van der Waals surface area contributed by atoms with Gasteiger partial charge in [-0.25, -0.2) is 0 Å². The molecule has 18 heavy (non-hydrogen) atoms. The van der Waals surface area contributed by atoms with Crippen molar-refractivity contribution in [3.8, 4) is 5.75 Å². The second-order valence-corrected chi connectivity index (χ2v) is 5.22. The van der Waals surface area contributed by atoms with E-state index in [1.807, 2.05) is 31.3 Å². The number of methoxy groups -OCH3 is 1. The number of hydrogen-bond donors (Lipinski definition) is 0. The molecular formula is C15H17NOS. The summed E-state index contributed by atoms with van der Waals surface area (Å²) in [6.45, 7) is 4.18. The van der Waals surface area contributed by atoms with Crippen LogP contribution >= 0.6 is 11.3 Å². The van der Waals surface area contributed by atoms with E-state index in [0.29, 0.717) is 0 Å². The summed E-state index contributed by atoms with van der Waals surface area (Å²) in [4.78, 5) is 5.86. The molecule has 0 aliphatic rings. The first kappa shape index (κ1) is 12.8. The Morgan fingerprint density at radius 1 is 1.28 bits per heavy atom. The standard InChI is InChI=1S/C15H17NOS/c1-11-4-5-13(14(10-11)17-3)16-8-6-15-12(2)7-9-18-15/h4-5,7-10H,6H2,1-3H3. The Balaban J connectivity index is 2.12. The van der Waals surface area contributed by atoms with E-state index in [-0.39, 0.29) is 0 Å². The second kappa shape index (κ2) is 5.83. The van der Waals surface area contributed by atoms with Crippen LogP contribution in [0.3, 0.4) is 0 Å². The number of ether oxygens (including phenoxy) is 1. The van der Waals surface area contributed by atoms with E-state index in [2.05, 4.69) is 23.4 Å². The van der Waals surface area contributed by atoms with Crippen molar-refractivity contribution in [2.45, 2.75) is 20.3 Å². The Hall–Kier alpha value is -1.61. The maximum absolute atomic E-state index is 5.33. The molecule has 1 aromatic heterocycles. The monoisotopic (exact) mass is 259 g/mol. The molecule has 1 aromatic carbocycles. The number of hydrogen-bond acceptors (Lipinski definition) is 3. The van der Waals surface area contributed by atoms with Crippen LogP contribution < -0.4 is 4.74 Å². The summed E-state index contributed by atoms with van der Waals surface area (Å²) >= 11 is 1.77. The Kier molecular flexibility index (Phi) is 4.15. The van der Waals surface area contributed by atoms with Crippen molar-refractivity contribution in [2.24, 2.45) is 4.99 Å². The lowest BCUT2D eigenvalue weighted by Crippen LogP contribution is -1.87. The molecule has 0 spiro atoms. The van der Waals surface area contributed by atoms with Gasteiger partial charge in [-0.05, 0) is 48.6 Å². The van der Waals surface area contributed by atoms with E-state index in [1.54, 1.807) is 18.4 Å². The fraction of sp³-hybridized carbons (Fsp3) is 0.267. The van der Waals surface area contributed by atoms with Crippen LogP contribution in [0.1, 0.15) is 16.0 Å². The van der Waals surface area contributed by atoms with Gasteiger partial charge >= 0.3 is 0 Å². The lowest BCUT2D eigenvalue weighted by Gasteiger charge is -2.04. The quantitative estimate of drug-likeness (QED) is 0.749. The Labute approximate surface area is 112 Å². The third kappa shape index (κ3) is 2.99. The minimum Gasteiger partial charge on any atom is -0.494 e. The van der Waals surface area contributed by atoms with Gasteiger partial charge in [0.25, 0.3) is 0 Å². The number of aryl methyl sites for hydroxylation is 2. The summed E-state index contributed by atoms with van der Waals surface area (Å²) in [6.07, 6.45) is 2.83. The molecule has 0 atom stereocenters. The molecule has 0 fully saturated rings. The Morgan fingerprint density at radius 2 is 2.11 bits per heavy atom. The molecule has 2 nitrogen and oxygen atoms in total. The smallest absolute Gasteiger partial charge is 0.144 e. The van der Waals surface area contributed by atoms with Crippen LogP contribution in [-0.4, -0.2) is 13.3 Å². The lowest BCUT2D eigenvalue weighted by atomic mass is 10.2. The van der Waals surface area contributed by atoms with Crippen LogP contribution in [-0.2, 0) is 6.42 Å². The fourth-order valence-corrected chi connectivity index (χ4v) is 2.59. The Morgan fingerprint density at radius 3 is 2.78 bits per heavy atom. The van der Waals surface area contributed by atoms with Gasteiger partial charge in [-0.2, -0.15) is 0 Å². The average molecular weight is 259 g/mol. The van der Waals surface area contributed by atoms with Crippen molar-refractivity contribution in [1.29, 1.82) is 0 Å². The van der Waals surface area contributed by atoms with Gasteiger partial charge in [0, 0.05) is 17.5 Å². The maximum atomic E-state index is 5.33. The van der Waals surface area contributed by atoms with E-state index in [9.17, 15) is 0 Å². The highest BCUT2D eigenvalue weighted by molar-refractivity contribution is 7.10. The molecule has 0 aliphatic heterocycles. The predicted molar refractivity (Wildman–Crippen MR) is 78.6 cm³/mol. The summed E-state index contributed by atoms with van der Waals surface area (Å²) in [7, 11) is 1.68. The molecule has 1 heterocycles. The highest BCUT2D eigenvalue weighted by Crippen LogP contribution is 2.28. The number of benzene rings is 1. The normalized spacial score (nSPS) is 11.1. The largest absolute Gasteiger partial charge is 0.494 e. The van der Waals surface area contributed by atoms with Crippen molar-refractivity contribution in [2.75, 3.05) is 7.11 Å². The molecule has 0 aliphatic carbocycles. The van der Waals surface area contributed by atoms with Crippen molar-refractivity contribution < 1.29 is 4.74 Å². The van der Waals surface area contributed by atoms with Crippen LogP contribution in [0, 0.1) is 13.8 Å². The second-order valence-electron chi connectivity index (χ2n) is 4.22. The summed E-state index contributed by atoms with van der Waals surface area (Å²) in [5.74, 6) is 0.828. The third-order valence-electron chi connectivity index (χ3n) is 2.81. The molecule has 94 valence electrons. The summed E-state index contributed by atoms with van der Waals surface area (Å²) in [5, 5.41) is 2.12. The van der Waals surface area contributed by atoms with Crippen LogP contribution in [0.25, 0.3) is 0 Å². The van der Waals surface area contributed by atoms with Crippen LogP contribution in [0.5, 0.6) is 5.75 Å². The van der Waals surface area contributed by atoms with Crippen molar-refractivity contribution in [3.05, 3.63) is 45.6 Å². The molecule has 0 bridgehead atoms. The maximum Gasteiger partial charge on any atom is 0.144 e. The van der Waals surface area contributed by atoms with Gasteiger partial charge in [-0.1, -0.05) is 6.07 Å². The molecule has 0 amide bonds. The summed E-state index contributed by atoms with van der Waals surface area (Å²) in [6, 6.07) is 8.18. The number of thiophene rings is 1. The third-order valence-corrected chi connectivity index (χ3v) is 3.86. The van der Waals surface area contributed by atoms with Crippen LogP contribution in [0.4, 0.5) is 5.69 Å². The van der Waals surface area contributed by atoms with E-state index in [4.69, 9.17) is 4.74 Å². The topological polar surface area (TPSA) is 21.6 Å². The molecule has 0 unspecified atom stereocenters. The molecule has 0 saturated carbocycles. The van der Waals surface area contributed by atoms with Crippen molar-refractivity contribution in [3.63, 3.8) is 0 Å².